The van der Waals surface area contributed by atoms with E-state index in [4.69, 9.17) is 4.74 Å². The Hall–Kier alpha value is -1.69. The lowest BCUT2D eigenvalue weighted by Gasteiger charge is -2.15. The fourth-order valence-corrected chi connectivity index (χ4v) is 1.43. The maximum atomic E-state index is 13.3. The summed E-state index contributed by atoms with van der Waals surface area (Å²) in [5.41, 5.74) is 0. The molecule has 6 heteroatoms. The number of ether oxygens (including phenoxy) is 1. The van der Waals surface area contributed by atoms with Crippen LogP contribution >= 0.6 is 0 Å². The maximum absolute atomic E-state index is 13.3. The molecule has 4 nitrogen and oxygen atoms in total. The Labute approximate surface area is 111 Å². The highest BCUT2D eigenvalue weighted by atomic mass is 19.1. The van der Waals surface area contributed by atoms with Crippen LogP contribution in [-0.2, 0) is 4.79 Å². The number of carbonyl (C=O) groups excluding carboxylic acids is 1. The molecule has 1 atom stereocenters. The van der Waals surface area contributed by atoms with Crippen LogP contribution in [-0.4, -0.2) is 32.1 Å². The van der Waals surface area contributed by atoms with Crippen molar-refractivity contribution in [2.75, 3.05) is 20.2 Å². The Kier molecular flexibility index (Phi) is 6.21. The van der Waals surface area contributed by atoms with Gasteiger partial charge in [-0.25, -0.2) is 8.78 Å². The molecule has 1 amide bonds. The summed E-state index contributed by atoms with van der Waals surface area (Å²) in [6.45, 7) is 2.46. The quantitative estimate of drug-likeness (QED) is 0.790. The number of carbonyl (C=O) groups is 1. The number of rotatable bonds is 7. The molecule has 0 aromatic heterocycles. The van der Waals surface area contributed by atoms with Gasteiger partial charge in [0.15, 0.2) is 11.6 Å². The Morgan fingerprint density at radius 2 is 2.16 bits per heavy atom. The van der Waals surface area contributed by atoms with Crippen molar-refractivity contribution < 1.29 is 18.3 Å². The van der Waals surface area contributed by atoms with Crippen LogP contribution in [0.4, 0.5) is 8.78 Å². The highest BCUT2D eigenvalue weighted by Gasteiger charge is 2.10. The zero-order valence-electron chi connectivity index (χ0n) is 11.0. The van der Waals surface area contributed by atoms with E-state index in [1.807, 2.05) is 0 Å². The van der Waals surface area contributed by atoms with Crippen LogP contribution in [0.5, 0.6) is 5.75 Å². The summed E-state index contributed by atoms with van der Waals surface area (Å²) in [7, 11) is 1.76. The van der Waals surface area contributed by atoms with E-state index in [1.165, 1.54) is 6.07 Å². The van der Waals surface area contributed by atoms with Gasteiger partial charge in [0.2, 0.25) is 5.91 Å². The second-order valence-corrected chi connectivity index (χ2v) is 4.21. The maximum Gasteiger partial charge on any atom is 0.221 e. The lowest BCUT2D eigenvalue weighted by molar-refractivity contribution is -0.121. The van der Waals surface area contributed by atoms with Crippen molar-refractivity contribution in [1.82, 2.24) is 10.6 Å². The van der Waals surface area contributed by atoms with Gasteiger partial charge in [0.25, 0.3) is 0 Å². The number of benzene rings is 1. The first-order chi connectivity index (χ1) is 9.02. The first-order valence-electron chi connectivity index (χ1n) is 6.04. The van der Waals surface area contributed by atoms with E-state index in [9.17, 15) is 13.6 Å². The normalized spacial score (nSPS) is 12.0. The third-order valence-electron chi connectivity index (χ3n) is 2.39. The molecule has 0 fully saturated rings. The van der Waals surface area contributed by atoms with Crippen LogP contribution in [0.25, 0.3) is 0 Å². The molecule has 19 heavy (non-hydrogen) atoms. The lowest BCUT2D eigenvalue weighted by atomic mass is 10.3. The molecule has 0 aliphatic carbocycles. The minimum absolute atomic E-state index is 0.0299. The minimum atomic E-state index is -0.756. The topological polar surface area (TPSA) is 50.4 Å². The summed E-state index contributed by atoms with van der Waals surface area (Å²) in [4.78, 5) is 11.4. The predicted molar refractivity (Wildman–Crippen MR) is 68.0 cm³/mol. The molecular formula is C13H18F2N2O2. The zero-order chi connectivity index (χ0) is 14.3. The van der Waals surface area contributed by atoms with E-state index < -0.39 is 11.6 Å². The van der Waals surface area contributed by atoms with Crippen molar-refractivity contribution in [3.8, 4) is 5.75 Å². The molecule has 1 unspecified atom stereocenters. The van der Waals surface area contributed by atoms with Crippen LogP contribution < -0.4 is 15.4 Å². The third kappa shape index (κ3) is 5.65. The van der Waals surface area contributed by atoms with Crippen molar-refractivity contribution in [3.05, 3.63) is 29.8 Å². The van der Waals surface area contributed by atoms with Gasteiger partial charge in [-0.1, -0.05) is 0 Å². The lowest BCUT2D eigenvalue weighted by Crippen LogP contribution is -2.37. The van der Waals surface area contributed by atoms with Crippen LogP contribution in [0.15, 0.2) is 18.2 Å². The predicted octanol–water partition coefficient (Wildman–Crippen LogP) is 1.46. The van der Waals surface area contributed by atoms with Gasteiger partial charge in [0, 0.05) is 19.0 Å². The molecule has 0 bridgehead atoms. The highest BCUT2D eigenvalue weighted by molar-refractivity contribution is 5.76. The zero-order valence-corrected chi connectivity index (χ0v) is 11.0. The molecule has 2 N–H and O–H groups in total. The molecule has 0 aliphatic heterocycles. The van der Waals surface area contributed by atoms with Gasteiger partial charge in [-0.15, -0.1) is 0 Å². The first kappa shape index (κ1) is 15.4. The Morgan fingerprint density at radius 3 is 2.79 bits per heavy atom. The Morgan fingerprint density at radius 1 is 1.42 bits per heavy atom. The summed E-state index contributed by atoms with van der Waals surface area (Å²) >= 11 is 0. The molecule has 1 aromatic carbocycles. The largest absolute Gasteiger partial charge is 0.488 e. The summed E-state index contributed by atoms with van der Waals surface area (Å²) in [6, 6.07) is 2.84. The average molecular weight is 272 g/mol. The Bertz CT molecular complexity index is 427. The van der Waals surface area contributed by atoms with E-state index in [1.54, 1.807) is 14.0 Å². The monoisotopic (exact) mass is 272 g/mol. The number of amides is 1. The van der Waals surface area contributed by atoms with E-state index >= 15 is 0 Å². The van der Waals surface area contributed by atoms with Crippen molar-refractivity contribution in [2.45, 2.75) is 19.4 Å². The molecule has 1 aromatic rings. The molecule has 0 radical (unpaired) electrons. The Balaban J connectivity index is 2.37. The van der Waals surface area contributed by atoms with Crippen LogP contribution in [0.1, 0.15) is 13.3 Å². The summed E-state index contributed by atoms with van der Waals surface area (Å²) < 4.78 is 31.1. The molecule has 0 spiro atoms. The van der Waals surface area contributed by atoms with Crippen molar-refractivity contribution >= 4 is 5.91 Å². The summed E-state index contributed by atoms with van der Waals surface area (Å²) in [6.07, 6.45) is 0.367. The van der Waals surface area contributed by atoms with Crippen LogP contribution in [0.3, 0.4) is 0 Å². The average Bonchev–Trinajstić information content (AvgIpc) is 2.35. The molecule has 0 heterocycles. The number of nitrogens with one attached hydrogen (secondary N) is 2. The molecule has 0 saturated carbocycles. The second-order valence-electron chi connectivity index (χ2n) is 4.21. The molecule has 1 rings (SSSR count). The van der Waals surface area contributed by atoms with Crippen molar-refractivity contribution in [3.63, 3.8) is 0 Å². The molecule has 0 saturated heterocycles. The highest BCUT2D eigenvalue weighted by Crippen LogP contribution is 2.17. The molecular weight excluding hydrogens is 254 g/mol. The van der Waals surface area contributed by atoms with E-state index in [0.717, 1.165) is 12.1 Å². The number of hydrogen-bond acceptors (Lipinski definition) is 3. The van der Waals surface area contributed by atoms with Gasteiger partial charge in [-0.2, -0.15) is 0 Å². The van der Waals surface area contributed by atoms with Gasteiger partial charge < -0.3 is 15.4 Å². The van der Waals surface area contributed by atoms with Gasteiger partial charge in [-0.05, 0) is 26.1 Å². The summed E-state index contributed by atoms with van der Waals surface area (Å²) in [5.74, 6) is -1.55. The number of halogens is 2. The van der Waals surface area contributed by atoms with Crippen LogP contribution in [0.2, 0.25) is 0 Å². The molecule has 0 aliphatic rings. The minimum Gasteiger partial charge on any atom is -0.488 e. The number of hydrogen-bond donors (Lipinski definition) is 2. The van der Waals surface area contributed by atoms with Gasteiger partial charge in [0.1, 0.15) is 12.4 Å². The van der Waals surface area contributed by atoms with Crippen molar-refractivity contribution in [1.29, 1.82) is 0 Å². The van der Waals surface area contributed by atoms with E-state index in [2.05, 4.69) is 10.6 Å². The fourth-order valence-electron chi connectivity index (χ4n) is 1.43. The van der Waals surface area contributed by atoms with Crippen LogP contribution in [0, 0.1) is 11.6 Å². The van der Waals surface area contributed by atoms with Gasteiger partial charge in [-0.3, -0.25) is 4.79 Å². The third-order valence-corrected chi connectivity index (χ3v) is 2.39. The van der Waals surface area contributed by atoms with Crippen molar-refractivity contribution in [2.24, 2.45) is 0 Å². The standard InChI is InChI=1S/C13H18F2N2O2/c1-9(17-13(18)5-6-16-2)8-19-12-4-3-10(14)7-11(12)15/h3-4,7,9,16H,5-6,8H2,1-2H3,(H,17,18). The van der Waals surface area contributed by atoms with Gasteiger partial charge >= 0.3 is 0 Å². The SMILES string of the molecule is CNCCC(=O)NC(C)COc1ccc(F)cc1F. The second kappa shape index (κ2) is 7.68. The first-order valence-corrected chi connectivity index (χ1v) is 6.04. The fraction of sp³-hybridized carbons (Fsp3) is 0.462. The summed E-state index contributed by atoms with van der Waals surface area (Å²) in [5, 5.41) is 5.58. The van der Waals surface area contributed by atoms with E-state index in [-0.39, 0.29) is 24.3 Å². The smallest absolute Gasteiger partial charge is 0.221 e. The van der Waals surface area contributed by atoms with Gasteiger partial charge in [0.05, 0.1) is 6.04 Å². The van der Waals surface area contributed by atoms with E-state index in [0.29, 0.717) is 13.0 Å². The molecule has 106 valence electrons.